The lowest BCUT2D eigenvalue weighted by Gasteiger charge is -2.20. The van der Waals surface area contributed by atoms with E-state index in [2.05, 4.69) is 0 Å². The normalized spacial score (nSPS) is 10.3. The van der Waals surface area contributed by atoms with Crippen molar-refractivity contribution in [2.45, 2.75) is 6.92 Å². The van der Waals surface area contributed by atoms with Crippen molar-refractivity contribution in [3.63, 3.8) is 0 Å². The average molecular weight is 280 g/mol. The molecule has 0 saturated carbocycles. The molecule has 0 radical (unpaired) electrons. The van der Waals surface area contributed by atoms with Gasteiger partial charge in [0.2, 0.25) is 0 Å². The summed E-state index contributed by atoms with van der Waals surface area (Å²) in [5, 5.41) is 10.4. The molecule has 1 aromatic carbocycles. The summed E-state index contributed by atoms with van der Waals surface area (Å²) < 4.78 is 12.8. The van der Waals surface area contributed by atoms with Gasteiger partial charge in [-0.3, -0.25) is 15.0 Å². The number of nitrogens with zero attached hydrogens (tertiary/aromatic N) is 1. The molecule has 3 amide bonds. The Morgan fingerprint density at radius 3 is 2.35 bits per heavy atom. The van der Waals surface area contributed by atoms with Crippen LogP contribution in [0.2, 0.25) is 0 Å². The summed E-state index contributed by atoms with van der Waals surface area (Å²) in [7, 11) is 0. The Morgan fingerprint density at radius 2 is 1.85 bits per heavy atom. The second kappa shape index (κ2) is 7.03. The molecule has 2 N–H and O–H groups in total. The van der Waals surface area contributed by atoms with Crippen molar-refractivity contribution >= 4 is 23.6 Å². The fraction of sp³-hybridized carbons (Fsp3) is 0.154. The number of carbonyl (C=O) groups is 3. The highest BCUT2D eigenvalue weighted by molar-refractivity contribution is 6.07. The predicted octanol–water partition coefficient (Wildman–Crippen LogP) is 1.53. The quantitative estimate of drug-likeness (QED) is 0.819. The summed E-state index contributed by atoms with van der Waals surface area (Å²) in [5.41, 5.74) is 0.418. The van der Waals surface area contributed by atoms with Crippen LogP contribution in [0.1, 0.15) is 6.92 Å². The minimum atomic E-state index is -1.29. The lowest BCUT2D eigenvalue weighted by Crippen LogP contribution is -2.42. The standard InChI is InChI=1S/C13H13FN2O4/c1-2-16(10-5-3-9(14)4-6-10)13(20)15-11(17)7-8-12(18)19/h3-8H,2H2,1H3,(H,18,19)(H,15,17,20). The fourth-order valence-corrected chi connectivity index (χ4v) is 1.43. The summed E-state index contributed by atoms with van der Waals surface area (Å²) in [6, 6.07) is 4.46. The second-order valence-electron chi connectivity index (χ2n) is 3.69. The molecule has 6 nitrogen and oxygen atoms in total. The summed E-state index contributed by atoms with van der Waals surface area (Å²) in [6.07, 6.45) is 1.36. The average Bonchev–Trinajstić information content (AvgIpc) is 2.39. The van der Waals surface area contributed by atoms with Gasteiger partial charge in [0.15, 0.2) is 0 Å². The number of benzene rings is 1. The van der Waals surface area contributed by atoms with E-state index in [0.29, 0.717) is 11.8 Å². The third kappa shape index (κ3) is 4.52. The Labute approximate surface area is 114 Å². The third-order valence-electron chi connectivity index (χ3n) is 2.31. The molecule has 1 aromatic rings. The highest BCUT2D eigenvalue weighted by atomic mass is 19.1. The molecule has 0 bridgehead atoms. The number of nitrogens with one attached hydrogen (secondary N) is 1. The molecule has 106 valence electrons. The van der Waals surface area contributed by atoms with E-state index in [4.69, 9.17) is 5.11 Å². The number of imide groups is 1. The lowest BCUT2D eigenvalue weighted by atomic mass is 10.3. The number of amides is 3. The highest BCUT2D eigenvalue weighted by Gasteiger charge is 2.15. The fourth-order valence-electron chi connectivity index (χ4n) is 1.43. The van der Waals surface area contributed by atoms with Crippen LogP contribution < -0.4 is 10.2 Å². The van der Waals surface area contributed by atoms with E-state index in [1.54, 1.807) is 6.92 Å². The topological polar surface area (TPSA) is 86.7 Å². The van der Waals surface area contributed by atoms with Gasteiger partial charge in [0.25, 0.3) is 5.91 Å². The van der Waals surface area contributed by atoms with Gasteiger partial charge < -0.3 is 5.11 Å². The van der Waals surface area contributed by atoms with Crippen molar-refractivity contribution in [1.29, 1.82) is 0 Å². The minimum absolute atomic E-state index is 0.257. The van der Waals surface area contributed by atoms with Gasteiger partial charge in [0, 0.05) is 24.4 Å². The van der Waals surface area contributed by atoms with Crippen molar-refractivity contribution in [2.75, 3.05) is 11.4 Å². The molecule has 0 heterocycles. The maximum atomic E-state index is 12.8. The molecule has 0 aliphatic carbocycles. The van der Waals surface area contributed by atoms with E-state index in [1.807, 2.05) is 5.32 Å². The Balaban J connectivity index is 2.75. The van der Waals surface area contributed by atoms with Crippen LogP contribution in [-0.4, -0.2) is 29.6 Å². The molecular weight excluding hydrogens is 267 g/mol. The van der Waals surface area contributed by atoms with Gasteiger partial charge in [-0.2, -0.15) is 0 Å². The van der Waals surface area contributed by atoms with Crippen molar-refractivity contribution in [3.8, 4) is 0 Å². The van der Waals surface area contributed by atoms with E-state index in [-0.39, 0.29) is 6.54 Å². The van der Waals surface area contributed by atoms with E-state index in [0.717, 1.165) is 6.08 Å². The maximum Gasteiger partial charge on any atom is 0.328 e. The van der Waals surface area contributed by atoms with Crippen LogP contribution in [0, 0.1) is 5.82 Å². The number of carbonyl (C=O) groups excluding carboxylic acids is 2. The molecule has 0 aliphatic heterocycles. The Kier molecular flexibility index (Phi) is 5.40. The Morgan fingerprint density at radius 1 is 1.25 bits per heavy atom. The van der Waals surface area contributed by atoms with Crippen LogP contribution in [0.3, 0.4) is 0 Å². The molecule has 0 spiro atoms. The van der Waals surface area contributed by atoms with Gasteiger partial charge in [-0.05, 0) is 31.2 Å². The number of hydrogen-bond donors (Lipinski definition) is 2. The molecule has 7 heteroatoms. The van der Waals surface area contributed by atoms with Gasteiger partial charge in [-0.25, -0.2) is 14.0 Å². The number of carboxylic acids is 1. The van der Waals surface area contributed by atoms with Gasteiger partial charge in [-0.1, -0.05) is 0 Å². The van der Waals surface area contributed by atoms with Crippen molar-refractivity contribution in [3.05, 3.63) is 42.2 Å². The number of rotatable bonds is 4. The molecule has 20 heavy (non-hydrogen) atoms. The summed E-state index contributed by atoms with van der Waals surface area (Å²) in [4.78, 5) is 34.6. The van der Waals surface area contributed by atoms with Crippen LogP contribution in [0.5, 0.6) is 0 Å². The number of halogens is 1. The van der Waals surface area contributed by atoms with E-state index >= 15 is 0 Å². The van der Waals surface area contributed by atoms with Crippen LogP contribution in [0.25, 0.3) is 0 Å². The minimum Gasteiger partial charge on any atom is -0.478 e. The summed E-state index contributed by atoms with van der Waals surface area (Å²) in [6.45, 7) is 1.94. The molecule has 0 unspecified atom stereocenters. The van der Waals surface area contributed by atoms with E-state index in [9.17, 15) is 18.8 Å². The largest absolute Gasteiger partial charge is 0.478 e. The number of urea groups is 1. The number of carboxylic acid groups (broad SMARTS) is 1. The SMILES string of the molecule is CCN(C(=O)NC(=O)C=CC(=O)O)c1ccc(F)cc1. The molecule has 0 aliphatic rings. The number of anilines is 1. The van der Waals surface area contributed by atoms with Gasteiger partial charge >= 0.3 is 12.0 Å². The third-order valence-corrected chi connectivity index (χ3v) is 2.31. The van der Waals surface area contributed by atoms with E-state index < -0.39 is 23.7 Å². The van der Waals surface area contributed by atoms with Crippen molar-refractivity contribution < 1.29 is 23.9 Å². The number of hydrogen-bond acceptors (Lipinski definition) is 3. The molecule has 1 rings (SSSR count). The van der Waals surface area contributed by atoms with Gasteiger partial charge in [0.1, 0.15) is 5.82 Å². The smallest absolute Gasteiger partial charge is 0.328 e. The second-order valence-corrected chi connectivity index (χ2v) is 3.69. The molecule has 0 atom stereocenters. The summed E-state index contributed by atoms with van der Waals surface area (Å²) >= 11 is 0. The number of aliphatic carboxylic acids is 1. The molecular formula is C13H13FN2O4. The predicted molar refractivity (Wildman–Crippen MR) is 69.7 cm³/mol. The van der Waals surface area contributed by atoms with Crippen LogP contribution in [0.4, 0.5) is 14.9 Å². The highest BCUT2D eigenvalue weighted by Crippen LogP contribution is 2.14. The monoisotopic (exact) mass is 280 g/mol. The van der Waals surface area contributed by atoms with Crippen LogP contribution in [-0.2, 0) is 9.59 Å². The first-order valence-electron chi connectivity index (χ1n) is 5.73. The maximum absolute atomic E-state index is 12.8. The van der Waals surface area contributed by atoms with Gasteiger partial charge in [-0.15, -0.1) is 0 Å². The zero-order valence-corrected chi connectivity index (χ0v) is 10.7. The Bertz CT molecular complexity index is 540. The Hall–Kier alpha value is -2.70. The zero-order valence-electron chi connectivity index (χ0n) is 10.7. The first-order valence-corrected chi connectivity index (χ1v) is 5.73. The first-order chi connectivity index (χ1) is 9.43. The zero-order chi connectivity index (χ0) is 15.1. The van der Waals surface area contributed by atoms with Crippen molar-refractivity contribution in [1.82, 2.24) is 5.32 Å². The summed E-state index contributed by atoms with van der Waals surface area (Å²) in [5.74, 6) is -2.58. The lowest BCUT2D eigenvalue weighted by molar-refractivity contribution is -0.131. The van der Waals surface area contributed by atoms with E-state index in [1.165, 1.54) is 29.2 Å². The molecule has 0 saturated heterocycles. The first kappa shape index (κ1) is 15.4. The van der Waals surface area contributed by atoms with Crippen LogP contribution >= 0.6 is 0 Å². The van der Waals surface area contributed by atoms with Crippen molar-refractivity contribution in [2.24, 2.45) is 0 Å². The molecule has 0 aromatic heterocycles. The van der Waals surface area contributed by atoms with Gasteiger partial charge in [0.05, 0.1) is 0 Å². The molecule has 0 fully saturated rings. The van der Waals surface area contributed by atoms with Crippen LogP contribution in [0.15, 0.2) is 36.4 Å².